The summed E-state index contributed by atoms with van der Waals surface area (Å²) in [5, 5.41) is 4.33. The molecule has 0 radical (unpaired) electrons. The molecule has 3 aromatic carbocycles. The Morgan fingerprint density at radius 2 is 1.54 bits per heavy atom. The molecule has 0 bridgehead atoms. The van der Waals surface area contributed by atoms with Crippen molar-refractivity contribution >= 4 is 16.5 Å². The van der Waals surface area contributed by atoms with Crippen molar-refractivity contribution in [1.29, 1.82) is 0 Å². The lowest BCUT2D eigenvalue weighted by atomic mass is 9.95. The van der Waals surface area contributed by atoms with Crippen LogP contribution >= 0.6 is 0 Å². The Morgan fingerprint density at radius 3 is 2.27 bits per heavy atom. The second-order valence-electron chi connectivity index (χ2n) is 6.17. The Labute approximate surface area is 153 Å². The molecule has 126 valence electrons. The quantitative estimate of drug-likeness (QED) is 0.531. The van der Waals surface area contributed by atoms with Gasteiger partial charge in [0.1, 0.15) is 0 Å². The van der Waals surface area contributed by atoms with Crippen molar-refractivity contribution in [1.82, 2.24) is 10.3 Å². The van der Waals surface area contributed by atoms with Gasteiger partial charge in [-0.3, -0.25) is 4.98 Å². The molecule has 4 aromatic rings. The smallest absolute Gasteiger partial charge is 0.0714 e. The van der Waals surface area contributed by atoms with E-state index in [0.717, 1.165) is 16.7 Å². The number of nitrogens with zero attached hydrogens (tertiary/aromatic N) is 1. The summed E-state index contributed by atoms with van der Waals surface area (Å²) in [7, 11) is 1.93. The molecule has 0 aliphatic carbocycles. The number of pyridine rings is 1. The zero-order valence-electron chi connectivity index (χ0n) is 14.7. The minimum absolute atomic E-state index is 1.00. The monoisotopic (exact) mass is 336 g/mol. The third-order valence-electron chi connectivity index (χ3n) is 4.51. The number of aromatic nitrogens is 1. The lowest BCUT2D eigenvalue weighted by Gasteiger charge is -2.11. The van der Waals surface area contributed by atoms with Crippen LogP contribution in [-0.4, -0.2) is 12.0 Å². The fourth-order valence-electron chi connectivity index (χ4n) is 3.28. The predicted molar refractivity (Wildman–Crippen MR) is 110 cm³/mol. The van der Waals surface area contributed by atoms with Gasteiger partial charge in [-0.05, 0) is 34.4 Å². The van der Waals surface area contributed by atoms with Crippen LogP contribution < -0.4 is 5.32 Å². The van der Waals surface area contributed by atoms with Crippen molar-refractivity contribution in [2.45, 2.75) is 0 Å². The first-order chi connectivity index (χ1) is 12.9. The topological polar surface area (TPSA) is 24.9 Å². The zero-order chi connectivity index (χ0) is 17.8. The summed E-state index contributed by atoms with van der Waals surface area (Å²) in [5.41, 5.74) is 6.91. The summed E-state index contributed by atoms with van der Waals surface area (Å²) in [6, 6.07) is 29.5. The van der Waals surface area contributed by atoms with E-state index in [0.29, 0.717) is 0 Å². The van der Waals surface area contributed by atoms with E-state index >= 15 is 0 Å². The van der Waals surface area contributed by atoms with Crippen LogP contribution in [0.3, 0.4) is 0 Å². The molecule has 0 saturated carbocycles. The molecule has 1 N–H and O–H groups in total. The highest BCUT2D eigenvalue weighted by Gasteiger charge is 2.09. The van der Waals surface area contributed by atoms with Crippen LogP contribution in [0.25, 0.3) is 27.6 Å². The highest BCUT2D eigenvalue weighted by atomic mass is 14.8. The standard InChI is InChI=1S/C24H20N2/c1-25-17-23(19-10-6-3-7-11-19)20-12-13-22-21(14-15-26-24(22)16-20)18-8-4-2-5-9-18/h2-17,25H,1H3/b23-17-. The molecule has 0 unspecified atom stereocenters. The van der Waals surface area contributed by atoms with Gasteiger partial charge < -0.3 is 5.32 Å². The van der Waals surface area contributed by atoms with Crippen molar-refractivity contribution in [2.75, 3.05) is 7.05 Å². The van der Waals surface area contributed by atoms with E-state index in [2.05, 4.69) is 83.1 Å². The van der Waals surface area contributed by atoms with E-state index in [4.69, 9.17) is 0 Å². The van der Waals surface area contributed by atoms with Crippen LogP contribution in [0.2, 0.25) is 0 Å². The average Bonchev–Trinajstić information content (AvgIpc) is 2.72. The van der Waals surface area contributed by atoms with Crippen molar-refractivity contribution in [3.05, 3.63) is 108 Å². The van der Waals surface area contributed by atoms with Gasteiger partial charge in [0.2, 0.25) is 0 Å². The second kappa shape index (κ2) is 7.24. The number of benzene rings is 3. The van der Waals surface area contributed by atoms with Gasteiger partial charge in [0.05, 0.1) is 5.52 Å². The number of fused-ring (bicyclic) bond motifs is 1. The van der Waals surface area contributed by atoms with Gasteiger partial charge in [0.15, 0.2) is 0 Å². The molecule has 0 atom stereocenters. The number of rotatable bonds is 4. The molecular formula is C24H20N2. The van der Waals surface area contributed by atoms with Gasteiger partial charge in [-0.15, -0.1) is 0 Å². The fraction of sp³-hybridized carbons (Fsp3) is 0.0417. The molecule has 0 amide bonds. The van der Waals surface area contributed by atoms with Gasteiger partial charge in [0, 0.05) is 30.4 Å². The lowest BCUT2D eigenvalue weighted by Crippen LogP contribution is -1.98. The fourth-order valence-corrected chi connectivity index (χ4v) is 3.28. The Hall–Kier alpha value is -3.39. The first-order valence-corrected chi connectivity index (χ1v) is 8.74. The predicted octanol–water partition coefficient (Wildman–Crippen LogP) is 5.51. The van der Waals surface area contributed by atoms with E-state index in [1.165, 1.54) is 22.1 Å². The van der Waals surface area contributed by atoms with Crippen molar-refractivity contribution in [2.24, 2.45) is 0 Å². The molecule has 1 aromatic heterocycles. The van der Waals surface area contributed by atoms with E-state index in [-0.39, 0.29) is 0 Å². The van der Waals surface area contributed by atoms with Gasteiger partial charge in [-0.25, -0.2) is 0 Å². The van der Waals surface area contributed by atoms with Crippen LogP contribution in [0, 0.1) is 0 Å². The Kier molecular flexibility index (Phi) is 4.48. The molecular weight excluding hydrogens is 316 g/mol. The molecule has 1 heterocycles. The minimum Gasteiger partial charge on any atom is -0.393 e. The summed E-state index contributed by atoms with van der Waals surface area (Å²) in [6.07, 6.45) is 3.93. The normalized spacial score (nSPS) is 11.5. The number of nitrogens with one attached hydrogen (secondary N) is 1. The van der Waals surface area contributed by atoms with Gasteiger partial charge in [0.25, 0.3) is 0 Å². The Bertz CT molecular complexity index is 1050. The average molecular weight is 336 g/mol. The molecule has 0 saturated heterocycles. The summed E-state index contributed by atoms with van der Waals surface area (Å²) in [4.78, 5) is 4.62. The number of hydrogen-bond acceptors (Lipinski definition) is 2. The van der Waals surface area contributed by atoms with Crippen LogP contribution in [0.1, 0.15) is 11.1 Å². The van der Waals surface area contributed by atoms with E-state index < -0.39 is 0 Å². The molecule has 0 aliphatic heterocycles. The van der Waals surface area contributed by atoms with Crippen LogP contribution in [0.5, 0.6) is 0 Å². The second-order valence-corrected chi connectivity index (χ2v) is 6.17. The van der Waals surface area contributed by atoms with Crippen molar-refractivity contribution < 1.29 is 0 Å². The summed E-state index contributed by atoms with van der Waals surface area (Å²) in [5.74, 6) is 0. The number of hydrogen-bond donors (Lipinski definition) is 1. The van der Waals surface area contributed by atoms with E-state index in [1.807, 2.05) is 31.6 Å². The first kappa shape index (κ1) is 16.1. The van der Waals surface area contributed by atoms with E-state index in [9.17, 15) is 0 Å². The third-order valence-corrected chi connectivity index (χ3v) is 4.51. The van der Waals surface area contributed by atoms with Gasteiger partial charge in [-0.2, -0.15) is 0 Å². The molecule has 0 spiro atoms. The highest BCUT2D eigenvalue weighted by Crippen LogP contribution is 2.30. The molecule has 0 fully saturated rings. The molecule has 2 heteroatoms. The Morgan fingerprint density at radius 1 is 0.808 bits per heavy atom. The summed E-state index contributed by atoms with van der Waals surface area (Å²) < 4.78 is 0. The minimum atomic E-state index is 1.00. The van der Waals surface area contributed by atoms with Crippen LogP contribution in [0.4, 0.5) is 0 Å². The summed E-state index contributed by atoms with van der Waals surface area (Å²) in [6.45, 7) is 0. The largest absolute Gasteiger partial charge is 0.393 e. The van der Waals surface area contributed by atoms with Crippen LogP contribution in [0.15, 0.2) is 97.3 Å². The lowest BCUT2D eigenvalue weighted by molar-refractivity contribution is 1.10. The van der Waals surface area contributed by atoms with Crippen molar-refractivity contribution in [3.63, 3.8) is 0 Å². The summed E-state index contributed by atoms with van der Waals surface area (Å²) >= 11 is 0. The molecule has 26 heavy (non-hydrogen) atoms. The molecule has 4 rings (SSSR count). The van der Waals surface area contributed by atoms with Crippen LogP contribution in [-0.2, 0) is 0 Å². The SMILES string of the molecule is CN/C=C(/c1ccccc1)c1ccc2c(-c3ccccc3)ccnc2c1. The van der Waals surface area contributed by atoms with Gasteiger partial charge >= 0.3 is 0 Å². The first-order valence-electron chi connectivity index (χ1n) is 8.74. The maximum Gasteiger partial charge on any atom is 0.0714 e. The maximum atomic E-state index is 4.62. The third kappa shape index (κ3) is 3.09. The molecule has 0 aliphatic rings. The zero-order valence-corrected chi connectivity index (χ0v) is 14.7. The Balaban J connectivity index is 1.85. The highest BCUT2D eigenvalue weighted by molar-refractivity contribution is 5.96. The van der Waals surface area contributed by atoms with E-state index in [1.54, 1.807) is 0 Å². The molecule has 2 nitrogen and oxygen atoms in total. The van der Waals surface area contributed by atoms with Crippen molar-refractivity contribution in [3.8, 4) is 11.1 Å². The maximum absolute atomic E-state index is 4.62. The van der Waals surface area contributed by atoms with Gasteiger partial charge in [-0.1, -0.05) is 72.8 Å².